The number of amides is 1. The van der Waals surface area contributed by atoms with Gasteiger partial charge in [-0.25, -0.2) is 0 Å². The highest BCUT2D eigenvalue weighted by molar-refractivity contribution is 5.87. The molecule has 1 aliphatic carbocycles. The van der Waals surface area contributed by atoms with Crippen LogP contribution in [0.1, 0.15) is 36.0 Å². The topological polar surface area (TPSA) is 60.5 Å². The van der Waals surface area contributed by atoms with Crippen LogP contribution in [0.3, 0.4) is 0 Å². The quantitative estimate of drug-likeness (QED) is 0.322. The highest BCUT2D eigenvalue weighted by Gasteiger charge is 2.55. The van der Waals surface area contributed by atoms with Crippen molar-refractivity contribution in [3.8, 4) is 11.5 Å². The second kappa shape index (κ2) is 11.0. The fourth-order valence-corrected chi connectivity index (χ4v) is 4.63. The molecule has 0 radical (unpaired) electrons. The van der Waals surface area contributed by atoms with Crippen LogP contribution < -0.4 is 14.8 Å². The molecule has 2 aromatic carbocycles. The average Bonchev–Trinajstić information content (AvgIpc) is 3.63. The number of benzene rings is 2. The number of aryl methyl sites for hydroxylation is 1. The predicted octanol–water partition coefficient (Wildman–Crippen LogP) is 5.10. The van der Waals surface area contributed by atoms with Gasteiger partial charge in [0.2, 0.25) is 5.91 Å². The zero-order valence-corrected chi connectivity index (χ0v) is 19.9. The lowest BCUT2D eigenvalue weighted by Gasteiger charge is -2.20. The molecule has 0 unspecified atom stereocenters. The summed E-state index contributed by atoms with van der Waals surface area (Å²) in [7, 11) is 3.37. The number of carbonyl (C=O) groups is 1. The summed E-state index contributed by atoms with van der Waals surface area (Å²) in [5, 5.41) is 3.01. The van der Waals surface area contributed by atoms with Crippen molar-refractivity contribution >= 4 is 5.91 Å². The molecule has 176 valence electrons. The fraction of sp³-hybridized carbons (Fsp3) is 0.310. The second-order valence-electron chi connectivity index (χ2n) is 8.71. The highest BCUT2D eigenvalue weighted by Crippen LogP contribution is 2.60. The van der Waals surface area contributed by atoms with Gasteiger partial charge in [0.15, 0.2) is 0 Å². The summed E-state index contributed by atoms with van der Waals surface area (Å²) in [5.41, 5.74) is 3.41. The normalized spacial score (nSPS) is 16.2. The monoisotopic (exact) mass is 456 g/mol. The Morgan fingerprint density at radius 3 is 2.35 bits per heavy atom. The third kappa shape index (κ3) is 5.48. The van der Waals surface area contributed by atoms with E-state index in [9.17, 15) is 4.79 Å². The number of hydrogen-bond acceptors (Lipinski definition) is 4. The van der Waals surface area contributed by atoms with E-state index in [0.717, 1.165) is 37.2 Å². The number of ether oxygens (including phenoxy) is 2. The van der Waals surface area contributed by atoms with E-state index < -0.39 is 0 Å². The molecule has 1 N–H and O–H groups in total. The molecule has 0 bridgehead atoms. The Morgan fingerprint density at radius 2 is 1.74 bits per heavy atom. The van der Waals surface area contributed by atoms with Gasteiger partial charge in [0.25, 0.3) is 0 Å². The number of nitrogens with one attached hydrogen (secondary N) is 1. The molecule has 1 heterocycles. The van der Waals surface area contributed by atoms with E-state index in [1.165, 1.54) is 16.7 Å². The van der Waals surface area contributed by atoms with Crippen LogP contribution in [-0.4, -0.2) is 31.7 Å². The molecule has 1 fully saturated rings. The van der Waals surface area contributed by atoms with Gasteiger partial charge in [-0.05, 0) is 84.7 Å². The van der Waals surface area contributed by atoms with E-state index >= 15 is 0 Å². The van der Waals surface area contributed by atoms with Crippen LogP contribution in [0.5, 0.6) is 11.5 Å². The van der Waals surface area contributed by atoms with Crippen LogP contribution in [0.15, 0.2) is 85.2 Å². The van der Waals surface area contributed by atoms with Gasteiger partial charge in [0, 0.05) is 24.4 Å². The summed E-state index contributed by atoms with van der Waals surface area (Å²) in [6.45, 7) is 0.672. The Balaban J connectivity index is 1.38. The van der Waals surface area contributed by atoms with Crippen molar-refractivity contribution in [2.75, 3.05) is 20.8 Å². The first-order valence-electron chi connectivity index (χ1n) is 11.8. The van der Waals surface area contributed by atoms with Crippen molar-refractivity contribution in [3.63, 3.8) is 0 Å². The summed E-state index contributed by atoms with van der Waals surface area (Å²) in [6, 6.07) is 20.5. The van der Waals surface area contributed by atoms with Crippen LogP contribution in [0.4, 0.5) is 0 Å². The standard InChI is InChI=1S/C29H32N2O3/c1-33-26-12-5-10-23(18-26)29(24-11-6-13-27(19-24)34-2)20-25(29)14-15-28(32)31-17-4-3-8-22-9-7-16-30-21-22/h5-7,9-16,18-19,21,25H,3-4,8,17,20H2,1-2H3,(H,31,32)/t25-/m0/s1. The molecule has 0 spiro atoms. The van der Waals surface area contributed by atoms with Gasteiger partial charge in [-0.15, -0.1) is 0 Å². The number of methoxy groups -OCH3 is 2. The molecule has 0 aliphatic heterocycles. The highest BCUT2D eigenvalue weighted by atomic mass is 16.5. The Bertz CT molecular complexity index is 1080. The summed E-state index contributed by atoms with van der Waals surface area (Å²) in [5.74, 6) is 1.85. The number of nitrogens with zero attached hydrogens (tertiary/aromatic N) is 1. The molecule has 1 atom stereocenters. The average molecular weight is 457 g/mol. The van der Waals surface area contributed by atoms with Gasteiger partial charge in [0.05, 0.1) is 14.2 Å². The summed E-state index contributed by atoms with van der Waals surface area (Å²) in [4.78, 5) is 16.6. The van der Waals surface area contributed by atoms with E-state index in [4.69, 9.17) is 9.47 Å². The van der Waals surface area contributed by atoms with Gasteiger partial charge in [-0.2, -0.15) is 0 Å². The van der Waals surface area contributed by atoms with Crippen LogP contribution >= 0.6 is 0 Å². The second-order valence-corrected chi connectivity index (χ2v) is 8.71. The zero-order valence-electron chi connectivity index (χ0n) is 19.9. The van der Waals surface area contributed by atoms with Crippen molar-refractivity contribution < 1.29 is 14.3 Å². The Morgan fingerprint density at radius 1 is 1.03 bits per heavy atom. The van der Waals surface area contributed by atoms with E-state index in [2.05, 4.69) is 40.6 Å². The van der Waals surface area contributed by atoms with E-state index in [1.807, 2.05) is 42.6 Å². The van der Waals surface area contributed by atoms with Crippen molar-refractivity contribution in [1.29, 1.82) is 0 Å². The third-order valence-electron chi connectivity index (χ3n) is 6.58. The smallest absolute Gasteiger partial charge is 0.243 e. The maximum Gasteiger partial charge on any atom is 0.243 e. The van der Waals surface area contributed by atoms with Gasteiger partial charge in [0.1, 0.15) is 11.5 Å². The molecule has 1 amide bonds. The number of unbranched alkanes of at least 4 members (excludes halogenated alkanes) is 1. The SMILES string of the molecule is COc1cccc(C2(c3cccc(OC)c3)C[C@@H]2C=CC(=O)NCCCCc2cccnc2)c1. The van der Waals surface area contributed by atoms with Gasteiger partial charge in [-0.3, -0.25) is 9.78 Å². The van der Waals surface area contributed by atoms with Crippen molar-refractivity contribution in [2.45, 2.75) is 31.1 Å². The summed E-state index contributed by atoms with van der Waals surface area (Å²) >= 11 is 0. The first kappa shape index (κ1) is 23.6. The predicted molar refractivity (Wildman–Crippen MR) is 134 cm³/mol. The third-order valence-corrected chi connectivity index (χ3v) is 6.58. The maximum atomic E-state index is 12.4. The molecule has 34 heavy (non-hydrogen) atoms. The minimum Gasteiger partial charge on any atom is -0.497 e. The van der Waals surface area contributed by atoms with Gasteiger partial charge >= 0.3 is 0 Å². The molecule has 5 nitrogen and oxygen atoms in total. The van der Waals surface area contributed by atoms with Crippen LogP contribution in [0, 0.1) is 5.92 Å². The molecule has 3 aromatic rings. The number of allylic oxidation sites excluding steroid dienone is 1. The Hall–Kier alpha value is -3.60. The molecular formula is C29H32N2O3. The molecule has 0 saturated heterocycles. The van der Waals surface area contributed by atoms with E-state index in [1.54, 1.807) is 26.5 Å². The Kier molecular flexibility index (Phi) is 7.63. The maximum absolute atomic E-state index is 12.4. The van der Waals surface area contributed by atoms with Crippen LogP contribution in [0.2, 0.25) is 0 Å². The minimum atomic E-state index is -0.191. The fourth-order valence-electron chi connectivity index (χ4n) is 4.63. The summed E-state index contributed by atoms with van der Waals surface area (Å²) in [6.07, 6.45) is 11.3. The molecule has 1 aliphatic rings. The molecular weight excluding hydrogens is 424 g/mol. The molecule has 1 aromatic heterocycles. The van der Waals surface area contributed by atoms with Gasteiger partial charge in [-0.1, -0.05) is 36.4 Å². The van der Waals surface area contributed by atoms with Crippen LogP contribution in [-0.2, 0) is 16.6 Å². The molecule has 1 saturated carbocycles. The number of rotatable bonds is 11. The minimum absolute atomic E-state index is 0.0431. The lowest BCUT2D eigenvalue weighted by molar-refractivity contribution is -0.116. The van der Waals surface area contributed by atoms with Crippen molar-refractivity contribution in [2.24, 2.45) is 5.92 Å². The lowest BCUT2D eigenvalue weighted by atomic mass is 9.85. The Labute approximate surface area is 201 Å². The van der Waals surface area contributed by atoms with Crippen LogP contribution in [0.25, 0.3) is 0 Å². The van der Waals surface area contributed by atoms with Crippen molar-refractivity contribution in [1.82, 2.24) is 10.3 Å². The van der Waals surface area contributed by atoms with Crippen molar-refractivity contribution in [3.05, 3.63) is 102 Å². The molecule has 5 heteroatoms. The first-order valence-corrected chi connectivity index (χ1v) is 11.8. The first-order chi connectivity index (χ1) is 16.7. The van der Waals surface area contributed by atoms with E-state index in [0.29, 0.717) is 6.54 Å². The lowest BCUT2D eigenvalue weighted by Crippen LogP contribution is -2.22. The summed E-state index contributed by atoms with van der Waals surface area (Å²) < 4.78 is 10.9. The number of hydrogen-bond donors (Lipinski definition) is 1. The molecule has 4 rings (SSSR count). The van der Waals surface area contributed by atoms with E-state index in [-0.39, 0.29) is 17.2 Å². The number of aromatic nitrogens is 1. The zero-order chi connectivity index (χ0) is 23.8. The largest absolute Gasteiger partial charge is 0.497 e. The number of carbonyl (C=O) groups excluding carboxylic acids is 1. The number of pyridine rings is 1. The van der Waals surface area contributed by atoms with Gasteiger partial charge < -0.3 is 14.8 Å².